The molecule has 0 amide bonds. The number of rotatable bonds is 3. The Morgan fingerprint density at radius 3 is 2.36 bits per heavy atom. The van der Waals surface area contributed by atoms with Gasteiger partial charge in [-0.1, -0.05) is 18.2 Å². The van der Waals surface area contributed by atoms with Crippen molar-refractivity contribution in [3.8, 4) is 0 Å². The number of carbonyl (C=O) groups is 1. The maximum absolute atomic E-state index is 11.4. The fourth-order valence-electron chi connectivity index (χ4n) is 0.910. The van der Waals surface area contributed by atoms with E-state index in [-0.39, 0.29) is 0 Å². The van der Waals surface area contributed by atoms with Crippen LogP contribution in [0, 0.1) is 0 Å². The Labute approximate surface area is 83.3 Å². The normalized spacial score (nSPS) is 14.5. The average molecular weight is 194 g/mol. The first-order valence-corrected chi connectivity index (χ1v) is 4.55. The standard InChI is InChI=1S/C11H14O3/c1-8(12)9(2)14-11(13)10-6-4-3-5-7-10/h3-9,12H,1-2H3/t8-,9+/m1/s1. The third-order valence-electron chi connectivity index (χ3n) is 1.98. The van der Waals surface area contributed by atoms with Gasteiger partial charge in [-0.2, -0.15) is 0 Å². The molecular formula is C11H14O3. The second-order valence-corrected chi connectivity index (χ2v) is 3.22. The molecule has 0 aliphatic rings. The first kappa shape index (κ1) is 10.7. The van der Waals surface area contributed by atoms with E-state index in [1.54, 1.807) is 38.1 Å². The minimum absolute atomic E-state index is 0.404. The monoisotopic (exact) mass is 194 g/mol. The molecule has 0 bridgehead atoms. The molecule has 1 aromatic carbocycles. The highest BCUT2D eigenvalue weighted by Gasteiger charge is 2.15. The molecule has 0 heterocycles. The highest BCUT2D eigenvalue weighted by atomic mass is 16.6. The van der Waals surface area contributed by atoms with E-state index in [9.17, 15) is 4.79 Å². The quantitative estimate of drug-likeness (QED) is 0.743. The topological polar surface area (TPSA) is 46.5 Å². The van der Waals surface area contributed by atoms with Crippen LogP contribution in [0.4, 0.5) is 0 Å². The Hall–Kier alpha value is -1.35. The van der Waals surface area contributed by atoms with Gasteiger partial charge >= 0.3 is 5.97 Å². The minimum atomic E-state index is -0.650. The summed E-state index contributed by atoms with van der Waals surface area (Å²) < 4.78 is 5.01. The molecule has 14 heavy (non-hydrogen) atoms. The Kier molecular flexibility index (Phi) is 3.65. The summed E-state index contributed by atoms with van der Waals surface area (Å²) in [5, 5.41) is 9.14. The summed E-state index contributed by atoms with van der Waals surface area (Å²) in [6, 6.07) is 8.72. The van der Waals surface area contributed by atoms with Crippen molar-refractivity contribution in [2.45, 2.75) is 26.1 Å². The lowest BCUT2D eigenvalue weighted by Gasteiger charge is -2.15. The average Bonchev–Trinajstić information content (AvgIpc) is 2.19. The Balaban J connectivity index is 2.60. The molecule has 0 unspecified atom stereocenters. The molecule has 3 nitrogen and oxygen atoms in total. The van der Waals surface area contributed by atoms with Crippen LogP contribution in [0.3, 0.4) is 0 Å². The van der Waals surface area contributed by atoms with Gasteiger partial charge in [0.15, 0.2) is 0 Å². The summed E-state index contributed by atoms with van der Waals surface area (Å²) in [7, 11) is 0. The third kappa shape index (κ3) is 2.85. The smallest absolute Gasteiger partial charge is 0.338 e. The van der Waals surface area contributed by atoms with Gasteiger partial charge in [-0.3, -0.25) is 0 Å². The Morgan fingerprint density at radius 2 is 1.86 bits per heavy atom. The maximum atomic E-state index is 11.4. The first-order valence-electron chi connectivity index (χ1n) is 4.55. The zero-order valence-electron chi connectivity index (χ0n) is 8.31. The molecule has 76 valence electrons. The zero-order valence-corrected chi connectivity index (χ0v) is 8.31. The van der Waals surface area contributed by atoms with Crippen molar-refractivity contribution < 1.29 is 14.6 Å². The number of aliphatic hydroxyl groups excluding tert-OH is 1. The third-order valence-corrected chi connectivity index (χ3v) is 1.98. The van der Waals surface area contributed by atoms with E-state index in [1.807, 2.05) is 6.07 Å². The van der Waals surface area contributed by atoms with Crippen molar-refractivity contribution >= 4 is 5.97 Å². The van der Waals surface area contributed by atoms with E-state index in [4.69, 9.17) is 9.84 Å². The van der Waals surface area contributed by atoms with Gasteiger partial charge < -0.3 is 9.84 Å². The molecule has 0 saturated carbocycles. The molecule has 0 aromatic heterocycles. The van der Waals surface area contributed by atoms with Gasteiger partial charge in [0, 0.05) is 0 Å². The van der Waals surface area contributed by atoms with Crippen LogP contribution in [0.15, 0.2) is 30.3 Å². The van der Waals surface area contributed by atoms with Crippen LogP contribution in [-0.4, -0.2) is 23.3 Å². The summed E-state index contributed by atoms with van der Waals surface area (Å²) in [5.41, 5.74) is 0.500. The van der Waals surface area contributed by atoms with E-state index in [1.165, 1.54) is 0 Å². The lowest BCUT2D eigenvalue weighted by atomic mass is 10.2. The summed E-state index contributed by atoms with van der Waals surface area (Å²) in [6.07, 6.45) is -1.13. The molecule has 0 spiro atoms. The lowest BCUT2D eigenvalue weighted by molar-refractivity contribution is -0.00468. The van der Waals surface area contributed by atoms with E-state index in [0.29, 0.717) is 5.56 Å². The van der Waals surface area contributed by atoms with E-state index >= 15 is 0 Å². The number of carbonyl (C=O) groups excluding carboxylic acids is 1. The predicted molar refractivity (Wildman–Crippen MR) is 53.0 cm³/mol. The fourth-order valence-corrected chi connectivity index (χ4v) is 0.910. The first-order chi connectivity index (χ1) is 6.61. The fraction of sp³-hybridized carbons (Fsp3) is 0.364. The summed E-state index contributed by atoms with van der Waals surface area (Å²) in [5.74, 6) is -0.404. The van der Waals surface area contributed by atoms with E-state index in [0.717, 1.165) is 0 Å². The van der Waals surface area contributed by atoms with Gasteiger partial charge in [0.05, 0.1) is 11.7 Å². The Morgan fingerprint density at radius 1 is 1.29 bits per heavy atom. The highest BCUT2D eigenvalue weighted by molar-refractivity contribution is 5.89. The minimum Gasteiger partial charge on any atom is -0.456 e. The number of esters is 1. The van der Waals surface area contributed by atoms with E-state index in [2.05, 4.69) is 0 Å². The molecule has 0 saturated heterocycles. The lowest BCUT2D eigenvalue weighted by Crippen LogP contribution is -2.25. The van der Waals surface area contributed by atoms with E-state index < -0.39 is 18.2 Å². The second-order valence-electron chi connectivity index (χ2n) is 3.22. The van der Waals surface area contributed by atoms with Gasteiger partial charge in [-0.05, 0) is 26.0 Å². The van der Waals surface area contributed by atoms with Gasteiger partial charge in [-0.25, -0.2) is 4.79 Å². The maximum Gasteiger partial charge on any atom is 0.338 e. The molecule has 2 atom stereocenters. The molecular weight excluding hydrogens is 180 g/mol. The van der Waals surface area contributed by atoms with Crippen molar-refractivity contribution in [2.24, 2.45) is 0 Å². The summed E-state index contributed by atoms with van der Waals surface area (Å²) >= 11 is 0. The van der Waals surface area contributed by atoms with Gasteiger partial charge in [0.1, 0.15) is 6.10 Å². The van der Waals surface area contributed by atoms with Crippen LogP contribution in [0.1, 0.15) is 24.2 Å². The number of ether oxygens (including phenoxy) is 1. The molecule has 0 fully saturated rings. The van der Waals surface area contributed by atoms with Crippen molar-refractivity contribution in [1.29, 1.82) is 0 Å². The molecule has 3 heteroatoms. The van der Waals surface area contributed by atoms with Crippen LogP contribution < -0.4 is 0 Å². The van der Waals surface area contributed by atoms with Crippen LogP contribution >= 0.6 is 0 Å². The summed E-state index contributed by atoms with van der Waals surface area (Å²) in [4.78, 5) is 11.4. The molecule has 1 N–H and O–H groups in total. The van der Waals surface area contributed by atoms with Crippen LogP contribution in [-0.2, 0) is 4.74 Å². The Bertz CT molecular complexity index is 293. The van der Waals surface area contributed by atoms with Crippen LogP contribution in [0.25, 0.3) is 0 Å². The zero-order chi connectivity index (χ0) is 10.6. The van der Waals surface area contributed by atoms with Gasteiger partial charge in [0.25, 0.3) is 0 Å². The van der Waals surface area contributed by atoms with Crippen LogP contribution in [0.5, 0.6) is 0 Å². The number of hydrogen-bond acceptors (Lipinski definition) is 3. The van der Waals surface area contributed by atoms with Crippen molar-refractivity contribution in [1.82, 2.24) is 0 Å². The number of benzene rings is 1. The predicted octanol–water partition coefficient (Wildman–Crippen LogP) is 1.61. The molecule has 0 radical (unpaired) electrons. The number of hydrogen-bond donors (Lipinski definition) is 1. The highest BCUT2D eigenvalue weighted by Crippen LogP contribution is 2.05. The molecule has 1 rings (SSSR count). The van der Waals surface area contributed by atoms with Crippen molar-refractivity contribution in [3.63, 3.8) is 0 Å². The van der Waals surface area contributed by atoms with Crippen molar-refractivity contribution in [3.05, 3.63) is 35.9 Å². The molecule has 0 aliphatic carbocycles. The summed E-state index contributed by atoms with van der Waals surface area (Å²) in [6.45, 7) is 3.24. The van der Waals surface area contributed by atoms with Gasteiger partial charge in [0.2, 0.25) is 0 Å². The SMILES string of the molecule is C[C@H](OC(=O)c1ccccc1)[C@@H](C)O. The number of aliphatic hydroxyl groups is 1. The van der Waals surface area contributed by atoms with Crippen molar-refractivity contribution in [2.75, 3.05) is 0 Å². The van der Waals surface area contributed by atoms with Gasteiger partial charge in [-0.15, -0.1) is 0 Å². The second kappa shape index (κ2) is 4.77. The molecule has 0 aliphatic heterocycles. The van der Waals surface area contributed by atoms with Crippen LogP contribution in [0.2, 0.25) is 0 Å². The largest absolute Gasteiger partial charge is 0.456 e. The molecule has 1 aromatic rings.